The number of carboxylic acids is 1. The minimum absolute atomic E-state index is 0.0362. The third-order valence-corrected chi connectivity index (χ3v) is 2.78. The van der Waals surface area contributed by atoms with Crippen LogP contribution in [0.2, 0.25) is 5.02 Å². The Morgan fingerprint density at radius 2 is 2.15 bits per heavy atom. The van der Waals surface area contributed by atoms with Crippen LogP contribution in [0.15, 0.2) is 30.3 Å². The van der Waals surface area contributed by atoms with Crippen LogP contribution in [0.1, 0.15) is 10.5 Å². The molecule has 104 valence electrons. The fourth-order valence-electron chi connectivity index (χ4n) is 1.57. The number of carbonyl (C=O) groups is 1. The van der Waals surface area contributed by atoms with Crippen molar-refractivity contribution in [3.8, 4) is 5.75 Å². The highest BCUT2D eigenvalue weighted by Crippen LogP contribution is 2.28. The van der Waals surface area contributed by atoms with Gasteiger partial charge in [-0.3, -0.25) is 0 Å². The molecule has 20 heavy (non-hydrogen) atoms. The quantitative estimate of drug-likeness (QED) is 0.905. The van der Waals surface area contributed by atoms with Gasteiger partial charge in [0.2, 0.25) is 0 Å². The van der Waals surface area contributed by atoms with Gasteiger partial charge < -0.3 is 15.2 Å². The number of pyridine rings is 1. The van der Waals surface area contributed by atoms with Crippen molar-refractivity contribution in [3.63, 3.8) is 0 Å². The van der Waals surface area contributed by atoms with E-state index in [9.17, 15) is 9.18 Å². The molecule has 2 rings (SSSR count). The molecule has 0 spiro atoms. The van der Waals surface area contributed by atoms with Crippen LogP contribution in [0, 0.1) is 5.82 Å². The SMILES string of the molecule is COc1cc(F)ccc1Nc1ccc(Cl)c(C(=O)O)n1. The van der Waals surface area contributed by atoms with Gasteiger partial charge in [-0.25, -0.2) is 14.2 Å². The highest BCUT2D eigenvalue weighted by molar-refractivity contribution is 6.33. The molecule has 0 fully saturated rings. The lowest BCUT2D eigenvalue weighted by Crippen LogP contribution is -2.04. The van der Waals surface area contributed by atoms with Crippen molar-refractivity contribution in [3.05, 3.63) is 46.9 Å². The van der Waals surface area contributed by atoms with Crippen molar-refractivity contribution < 1.29 is 19.0 Å². The maximum absolute atomic E-state index is 13.1. The molecule has 5 nitrogen and oxygen atoms in total. The Balaban J connectivity index is 2.35. The molecule has 0 bridgehead atoms. The van der Waals surface area contributed by atoms with Gasteiger partial charge in [-0.15, -0.1) is 0 Å². The Bertz CT molecular complexity index is 664. The fourth-order valence-corrected chi connectivity index (χ4v) is 1.75. The lowest BCUT2D eigenvalue weighted by atomic mass is 10.2. The number of anilines is 2. The molecule has 0 atom stereocenters. The number of hydrogen-bond donors (Lipinski definition) is 2. The first kappa shape index (κ1) is 14.1. The van der Waals surface area contributed by atoms with Gasteiger partial charge in [-0.1, -0.05) is 11.6 Å². The zero-order chi connectivity index (χ0) is 14.7. The third kappa shape index (κ3) is 2.97. The predicted molar refractivity (Wildman–Crippen MR) is 72.4 cm³/mol. The molecule has 1 aromatic carbocycles. The molecule has 0 aliphatic rings. The molecule has 2 N–H and O–H groups in total. The number of benzene rings is 1. The highest BCUT2D eigenvalue weighted by atomic mass is 35.5. The molecule has 1 aromatic heterocycles. The molecule has 0 saturated heterocycles. The molecule has 0 aliphatic heterocycles. The van der Waals surface area contributed by atoms with Gasteiger partial charge in [0.15, 0.2) is 5.69 Å². The molecule has 0 radical (unpaired) electrons. The summed E-state index contributed by atoms with van der Waals surface area (Å²) in [7, 11) is 1.40. The molecule has 0 aliphatic carbocycles. The van der Waals surface area contributed by atoms with E-state index in [1.165, 1.54) is 37.4 Å². The Kier molecular flexibility index (Phi) is 4.05. The maximum atomic E-state index is 13.1. The minimum atomic E-state index is -1.23. The van der Waals surface area contributed by atoms with Crippen LogP contribution < -0.4 is 10.1 Å². The minimum Gasteiger partial charge on any atom is -0.494 e. The van der Waals surface area contributed by atoms with Crippen LogP contribution in [0.5, 0.6) is 5.75 Å². The largest absolute Gasteiger partial charge is 0.494 e. The second-order valence-corrected chi connectivity index (χ2v) is 4.21. The zero-order valence-corrected chi connectivity index (χ0v) is 11.1. The van der Waals surface area contributed by atoms with Crippen molar-refractivity contribution in [1.29, 1.82) is 0 Å². The molecule has 0 unspecified atom stereocenters. The Morgan fingerprint density at radius 3 is 2.80 bits per heavy atom. The summed E-state index contributed by atoms with van der Waals surface area (Å²) < 4.78 is 18.1. The Morgan fingerprint density at radius 1 is 1.40 bits per heavy atom. The average molecular weight is 297 g/mol. The van der Waals surface area contributed by atoms with E-state index in [0.717, 1.165) is 0 Å². The molecule has 1 heterocycles. The Hall–Kier alpha value is -2.34. The maximum Gasteiger partial charge on any atom is 0.356 e. The van der Waals surface area contributed by atoms with E-state index < -0.39 is 11.8 Å². The van der Waals surface area contributed by atoms with E-state index >= 15 is 0 Å². The standard InChI is InChI=1S/C13H10ClFN2O3/c1-20-10-6-7(15)2-4-9(10)16-11-5-3-8(14)12(17-11)13(18)19/h2-6H,1H3,(H,16,17)(H,18,19). The highest BCUT2D eigenvalue weighted by Gasteiger charge is 2.12. The van der Waals surface area contributed by atoms with E-state index in [4.69, 9.17) is 21.4 Å². The van der Waals surface area contributed by atoms with Crippen LogP contribution in [0.3, 0.4) is 0 Å². The summed E-state index contributed by atoms with van der Waals surface area (Å²) in [6.07, 6.45) is 0. The van der Waals surface area contributed by atoms with Crippen LogP contribution in [-0.4, -0.2) is 23.2 Å². The monoisotopic (exact) mass is 296 g/mol. The topological polar surface area (TPSA) is 71.5 Å². The van der Waals surface area contributed by atoms with Crippen molar-refractivity contribution in [1.82, 2.24) is 4.98 Å². The van der Waals surface area contributed by atoms with E-state index in [2.05, 4.69) is 10.3 Å². The van der Waals surface area contributed by atoms with Crippen LogP contribution in [-0.2, 0) is 0 Å². The number of ether oxygens (including phenoxy) is 1. The normalized spacial score (nSPS) is 10.2. The summed E-state index contributed by atoms with van der Waals surface area (Å²) in [5, 5.41) is 11.8. The van der Waals surface area contributed by atoms with Crippen LogP contribution >= 0.6 is 11.6 Å². The number of carboxylic acid groups (broad SMARTS) is 1. The first-order chi connectivity index (χ1) is 9.51. The second-order valence-electron chi connectivity index (χ2n) is 3.80. The molecule has 7 heteroatoms. The van der Waals surface area contributed by atoms with Crippen molar-refractivity contribution in [2.24, 2.45) is 0 Å². The number of hydrogen-bond acceptors (Lipinski definition) is 4. The number of aromatic carboxylic acids is 1. The van der Waals surface area contributed by atoms with E-state index in [1.54, 1.807) is 0 Å². The lowest BCUT2D eigenvalue weighted by molar-refractivity contribution is 0.0691. The molecule has 0 amide bonds. The number of rotatable bonds is 4. The van der Waals surface area contributed by atoms with E-state index in [1.807, 2.05) is 0 Å². The van der Waals surface area contributed by atoms with E-state index in [0.29, 0.717) is 5.69 Å². The van der Waals surface area contributed by atoms with Crippen LogP contribution in [0.25, 0.3) is 0 Å². The van der Waals surface area contributed by atoms with Crippen molar-refractivity contribution in [2.45, 2.75) is 0 Å². The molecular weight excluding hydrogens is 287 g/mol. The third-order valence-electron chi connectivity index (χ3n) is 2.47. The Labute approximate surface area is 119 Å². The van der Waals surface area contributed by atoms with Gasteiger partial charge in [0.05, 0.1) is 17.8 Å². The summed E-state index contributed by atoms with van der Waals surface area (Å²) in [6.45, 7) is 0. The number of nitrogens with zero attached hydrogens (tertiary/aromatic N) is 1. The van der Waals surface area contributed by atoms with Gasteiger partial charge in [-0.2, -0.15) is 0 Å². The lowest BCUT2D eigenvalue weighted by Gasteiger charge is -2.11. The number of halogens is 2. The van der Waals surface area contributed by atoms with Crippen molar-refractivity contribution in [2.75, 3.05) is 12.4 Å². The fraction of sp³-hybridized carbons (Fsp3) is 0.0769. The number of methoxy groups -OCH3 is 1. The smallest absolute Gasteiger partial charge is 0.356 e. The summed E-state index contributed by atoms with van der Waals surface area (Å²) in [5.74, 6) is -1.14. The average Bonchev–Trinajstić information content (AvgIpc) is 2.42. The first-order valence-corrected chi connectivity index (χ1v) is 5.89. The summed E-state index contributed by atoms with van der Waals surface area (Å²) in [6, 6.07) is 6.84. The first-order valence-electron chi connectivity index (χ1n) is 5.51. The molecular formula is C13H10ClFN2O3. The summed E-state index contributed by atoms with van der Waals surface area (Å²) >= 11 is 5.73. The van der Waals surface area contributed by atoms with Gasteiger partial charge in [0.1, 0.15) is 17.4 Å². The second kappa shape index (κ2) is 5.75. The zero-order valence-electron chi connectivity index (χ0n) is 10.4. The molecule has 2 aromatic rings. The van der Waals surface area contributed by atoms with Crippen LogP contribution in [0.4, 0.5) is 15.9 Å². The summed E-state index contributed by atoms with van der Waals surface area (Å²) in [4.78, 5) is 14.8. The predicted octanol–water partition coefficient (Wildman–Crippen LogP) is 3.32. The molecule has 0 saturated carbocycles. The van der Waals surface area contributed by atoms with Gasteiger partial charge in [0, 0.05) is 6.07 Å². The van der Waals surface area contributed by atoms with Gasteiger partial charge >= 0.3 is 5.97 Å². The number of aromatic nitrogens is 1. The van der Waals surface area contributed by atoms with Crippen molar-refractivity contribution >= 4 is 29.1 Å². The number of nitrogens with one attached hydrogen (secondary N) is 1. The summed E-state index contributed by atoms with van der Waals surface area (Å²) in [5.41, 5.74) is 0.192. The van der Waals surface area contributed by atoms with Gasteiger partial charge in [0.25, 0.3) is 0 Å². The van der Waals surface area contributed by atoms with Gasteiger partial charge in [-0.05, 0) is 24.3 Å². The van der Waals surface area contributed by atoms with E-state index in [-0.39, 0.29) is 22.3 Å².